The van der Waals surface area contributed by atoms with Gasteiger partial charge in [0.2, 0.25) is 0 Å². The monoisotopic (exact) mass is 131 g/mol. The van der Waals surface area contributed by atoms with Crippen molar-refractivity contribution < 1.29 is 23.5 Å². The second kappa shape index (κ2) is 3.02. The van der Waals surface area contributed by atoms with Gasteiger partial charge in [0, 0.05) is 0 Å². The number of halogens is 1. The van der Waals surface area contributed by atoms with Gasteiger partial charge < -0.3 is 20.5 Å². The Morgan fingerprint density at radius 3 is 1.43 bits per heavy atom. The lowest BCUT2D eigenvalue weighted by molar-refractivity contribution is -0.111. The summed E-state index contributed by atoms with van der Waals surface area (Å²) >= 11 is 0. The highest BCUT2D eigenvalue weighted by molar-refractivity contribution is 6.48. The van der Waals surface area contributed by atoms with Gasteiger partial charge in [-0.1, -0.05) is 4.53 Å². The predicted octanol–water partition coefficient (Wildman–Crippen LogP) is -1.54. The Balaban J connectivity index is 0. The molecule has 0 amide bonds. The maximum absolute atomic E-state index is 10.3. The molecular formula is H6FNO4Si. The fourth-order valence-corrected chi connectivity index (χ4v) is 0. The van der Waals surface area contributed by atoms with E-state index in [0.29, 0.717) is 0 Å². The van der Waals surface area contributed by atoms with Crippen molar-refractivity contribution in [2.45, 2.75) is 0 Å². The van der Waals surface area contributed by atoms with Gasteiger partial charge in [-0.25, -0.2) is 0 Å². The quantitative estimate of drug-likeness (QED) is 0.323. The molecule has 0 aliphatic heterocycles. The average Bonchev–Trinajstić information content (AvgIpc) is 1.35. The molecule has 0 bridgehead atoms. The SMILES string of the molecule is N.O[Si](O)(O)OF. The molecule has 0 aromatic rings. The predicted molar refractivity (Wildman–Crippen MR) is 19.6 cm³/mol. The summed E-state index contributed by atoms with van der Waals surface area (Å²) in [6, 6.07) is 0. The van der Waals surface area contributed by atoms with Crippen LogP contribution in [0, 0.1) is 0 Å². The van der Waals surface area contributed by atoms with Gasteiger partial charge in [0.25, 0.3) is 0 Å². The number of hydrogen-bond acceptors (Lipinski definition) is 5. The summed E-state index contributed by atoms with van der Waals surface area (Å²) in [4.78, 5) is 22.4. The highest BCUT2D eigenvalue weighted by Gasteiger charge is 2.31. The molecule has 46 valence electrons. The van der Waals surface area contributed by atoms with Crippen molar-refractivity contribution in [2.24, 2.45) is 0 Å². The molecule has 0 radical (unpaired) electrons. The molecule has 0 spiro atoms. The van der Waals surface area contributed by atoms with E-state index < -0.39 is 9.05 Å². The molecular weight excluding hydrogens is 125 g/mol. The van der Waals surface area contributed by atoms with Crippen LogP contribution in [0.4, 0.5) is 4.53 Å². The summed E-state index contributed by atoms with van der Waals surface area (Å²) in [5.74, 6) is 0. The minimum atomic E-state index is -4.80. The fourth-order valence-electron chi connectivity index (χ4n) is 0. The lowest BCUT2D eigenvalue weighted by atomic mass is 14.0. The highest BCUT2D eigenvalue weighted by Crippen LogP contribution is 1.85. The zero-order valence-electron chi connectivity index (χ0n) is 3.33. The third kappa shape index (κ3) is 10.7. The molecule has 0 aromatic heterocycles. The Kier molecular flexibility index (Phi) is 4.32. The molecule has 7 heteroatoms. The van der Waals surface area contributed by atoms with Crippen LogP contribution in [0.15, 0.2) is 0 Å². The largest absolute Gasteiger partial charge is 0.703 e. The Labute approximate surface area is 39.9 Å². The minimum absolute atomic E-state index is 0. The van der Waals surface area contributed by atoms with Crippen LogP contribution in [-0.2, 0) is 4.63 Å². The molecule has 0 aliphatic carbocycles. The van der Waals surface area contributed by atoms with Crippen molar-refractivity contribution in [1.82, 2.24) is 6.15 Å². The first-order valence-corrected chi connectivity index (χ1v) is 2.78. The van der Waals surface area contributed by atoms with E-state index in [0.717, 1.165) is 0 Å². The van der Waals surface area contributed by atoms with Crippen molar-refractivity contribution in [3.8, 4) is 0 Å². The highest BCUT2D eigenvalue weighted by atomic mass is 28.4. The molecule has 7 heavy (non-hydrogen) atoms. The van der Waals surface area contributed by atoms with E-state index in [-0.39, 0.29) is 6.15 Å². The zero-order chi connectivity index (χ0) is 5.21. The van der Waals surface area contributed by atoms with Gasteiger partial charge in [0.1, 0.15) is 0 Å². The standard InChI is InChI=1S/FH3O4Si.H3N/c1-5-6(2,3)4;/h2-4H;1H3. The van der Waals surface area contributed by atoms with E-state index >= 15 is 0 Å². The van der Waals surface area contributed by atoms with Gasteiger partial charge in [-0.05, 0) is 0 Å². The van der Waals surface area contributed by atoms with E-state index in [1.165, 1.54) is 0 Å². The van der Waals surface area contributed by atoms with Gasteiger partial charge in [0.15, 0.2) is 0 Å². The molecule has 6 N–H and O–H groups in total. The zero-order valence-corrected chi connectivity index (χ0v) is 4.33. The summed E-state index contributed by atoms with van der Waals surface area (Å²) in [5, 5.41) is 0. The Hall–Kier alpha value is -0.0531. The summed E-state index contributed by atoms with van der Waals surface area (Å²) in [7, 11) is -4.80. The van der Waals surface area contributed by atoms with Crippen molar-refractivity contribution in [2.75, 3.05) is 0 Å². The van der Waals surface area contributed by atoms with Crippen LogP contribution in [0.2, 0.25) is 0 Å². The molecule has 0 aromatic carbocycles. The third-order valence-corrected chi connectivity index (χ3v) is 0.311. The van der Waals surface area contributed by atoms with Crippen molar-refractivity contribution in [3.63, 3.8) is 0 Å². The first-order chi connectivity index (χ1) is 2.56. The normalized spacial score (nSPS) is 10.3. The Bertz CT molecular complexity index is 41.4. The second-order valence-corrected chi connectivity index (χ2v) is 1.95. The van der Waals surface area contributed by atoms with Crippen LogP contribution < -0.4 is 6.15 Å². The molecule has 0 unspecified atom stereocenters. The van der Waals surface area contributed by atoms with E-state index in [1.54, 1.807) is 0 Å². The van der Waals surface area contributed by atoms with Gasteiger partial charge in [0.05, 0.1) is 0 Å². The van der Waals surface area contributed by atoms with Crippen LogP contribution in [0.3, 0.4) is 0 Å². The van der Waals surface area contributed by atoms with Gasteiger partial charge >= 0.3 is 9.05 Å². The van der Waals surface area contributed by atoms with Crippen molar-refractivity contribution in [3.05, 3.63) is 0 Å². The minimum Gasteiger partial charge on any atom is -0.366 e. The van der Waals surface area contributed by atoms with Crippen molar-refractivity contribution in [1.29, 1.82) is 0 Å². The van der Waals surface area contributed by atoms with E-state index in [2.05, 4.69) is 4.63 Å². The first-order valence-electron chi connectivity index (χ1n) is 1.03. The molecule has 0 rings (SSSR count). The fraction of sp³-hybridized carbons (Fsp3) is 0. The van der Waals surface area contributed by atoms with Crippen LogP contribution >= 0.6 is 0 Å². The molecule has 0 atom stereocenters. The van der Waals surface area contributed by atoms with Crippen LogP contribution in [0.1, 0.15) is 0 Å². The summed E-state index contributed by atoms with van der Waals surface area (Å²) in [6.45, 7) is 0. The van der Waals surface area contributed by atoms with E-state index in [1.807, 2.05) is 0 Å². The lowest BCUT2D eigenvalue weighted by Crippen LogP contribution is -2.35. The first kappa shape index (κ1) is 10.0. The molecule has 0 aliphatic rings. The third-order valence-electron chi connectivity index (χ3n) is 0.104. The second-order valence-electron chi connectivity index (χ2n) is 0.651. The number of hydrogen-bond donors (Lipinski definition) is 4. The van der Waals surface area contributed by atoms with Crippen LogP contribution in [0.5, 0.6) is 0 Å². The van der Waals surface area contributed by atoms with Gasteiger partial charge in [-0.2, -0.15) is 4.63 Å². The number of rotatable bonds is 1. The molecule has 0 heterocycles. The molecule has 0 fully saturated rings. The molecule has 0 saturated heterocycles. The summed E-state index contributed by atoms with van der Waals surface area (Å²) < 4.78 is 12.6. The van der Waals surface area contributed by atoms with Crippen molar-refractivity contribution >= 4 is 9.05 Å². The average molecular weight is 131 g/mol. The molecule has 5 nitrogen and oxygen atoms in total. The maximum atomic E-state index is 10.3. The van der Waals surface area contributed by atoms with Gasteiger partial charge in [-0.3, -0.25) is 0 Å². The Morgan fingerprint density at radius 2 is 1.43 bits per heavy atom. The van der Waals surface area contributed by atoms with Crippen LogP contribution in [-0.4, -0.2) is 23.4 Å². The van der Waals surface area contributed by atoms with E-state index in [9.17, 15) is 4.53 Å². The maximum Gasteiger partial charge on any atom is 0.703 e. The Morgan fingerprint density at radius 1 is 1.29 bits per heavy atom. The van der Waals surface area contributed by atoms with E-state index in [4.69, 9.17) is 14.4 Å². The summed E-state index contributed by atoms with van der Waals surface area (Å²) in [6.07, 6.45) is 0. The van der Waals surface area contributed by atoms with Gasteiger partial charge in [-0.15, -0.1) is 0 Å². The molecule has 0 saturated carbocycles. The topological polar surface area (TPSA) is 105 Å². The smallest absolute Gasteiger partial charge is 0.366 e. The van der Waals surface area contributed by atoms with Crippen LogP contribution in [0.25, 0.3) is 0 Å². The lowest BCUT2D eigenvalue weighted by Gasteiger charge is -1.96. The summed E-state index contributed by atoms with van der Waals surface area (Å²) in [5.41, 5.74) is 0.